The standard InChI is InChI=1S/C12H16N2O/c1-9-11(10-7-5-4-6-8-10)14(3)12(15)13(9)2/h4-9,11H,1-3H3. The van der Waals surface area contributed by atoms with Crippen molar-refractivity contribution in [2.45, 2.75) is 19.0 Å². The van der Waals surface area contributed by atoms with Gasteiger partial charge in [0.1, 0.15) is 0 Å². The quantitative estimate of drug-likeness (QED) is 0.687. The highest BCUT2D eigenvalue weighted by molar-refractivity contribution is 5.77. The molecule has 2 amide bonds. The van der Waals surface area contributed by atoms with Gasteiger partial charge in [-0.15, -0.1) is 0 Å². The zero-order valence-electron chi connectivity index (χ0n) is 9.34. The number of carbonyl (C=O) groups excluding carboxylic acids is 1. The highest BCUT2D eigenvalue weighted by Gasteiger charge is 2.39. The van der Waals surface area contributed by atoms with Crippen molar-refractivity contribution in [3.63, 3.8) is 0 Å². The second kappa shape index (κ2) is 3.57. The lowest BCUT2D eigenvalue weighted by Gasteiger charge is -2.22. The second-order valence-electron chi connectivity index (χ2n) is 4.10. The third-order valence-electron chi connectivity index (χ3n) is 3.23. The predicted molar refractivity (Wildman–Crippen MR) is 59.6 cm³/mol. The Bertz CT molecular complexity index is 363. The molecule has 1 heterocycles. The maximum absolute atomic E-state index is 11.8. The van der Waals surface area contributed by atoms with Crippen LogP contribution in [0.25, 0.3) is 0 Å². The first-order valence-electron chi connectivity index (χ1n) is 5.17. The minimum atomic E-state index is 0.0938. The van der Waals surface area contributed by atoms with Gasteiger partial charge in [-0.05, 0) is 12.5 Å². The minimum Gasteiger partial charge on any atom is -0.323 e. The lowest BCUT2D eigenvalue weighted by Crippen LogP contribution is -2.28. The van der Waals surface area contributed by atoms with Gasteiger partial charge in [0.15, 0.2) is 0 Å². The average molecular weight is 204 g/mol. The molecule has 2 rings (SSSR count). The summed E-state index contributed by atoms with van der Waals surface area (Å²) >= 11 is 0. The van der Waals surface area contributed by atoms with Crippen LogP contribution < -0.4 is 0 Å². The van der Waals surface area contributed by atoms with Crippen LogP contribution in [0.1, 0.15) is 18.5 Å². The maximum Gasteiger partial charge on any atom is 0.320 e. The van der Waals surface area contributed by atoms with Gasteiger partial charge in [0, 0.05) is 14.1 Å². The zero-order valence-corrected chi connectivity index (χ0v) is 9.34. The summed E-state index contributed by atoms with van der Waals surface area (Å²) in [5.41, 5.74) is 1.20. The Kier molecular flexibility index (Phi) is 2.39. The Balaban J connectivity index is 2.35. The number of urea groups is 1. The molecule has 1 aromatic rings. The molecule has 0 bridgehead atoms. The van der Waals surface area contributed by atoms with Crippen LogP contribution in [0.4, 0.5) is 4.79 Å². The summed E-state index contributed by atoms with van der Waals surface area (Å²) in [6.07, 6.45) is 0. The highest BCUT2D eigenvalue weighted by Crippen LogP contribution is 2.32. The van der Waals surface area contributed by atoms with Crippen molar-refractivity contribution in [3.05, 3.63) is 35.9 Å². The fourth-order valence-electron chi connectivity index (χ4n) is 2.23. The van der Waals surface area contributed by atoms with E-state index in [1.165, 1.54) is 5.56 Å². The molecular weight excluding hydrogens is 188 g/mol. The fourth-order valence-corrected chi connectivity index (χ4v) is 2.23. The van der Waals surface area contributed by atoms with E-state index in [2.05, 4.69) is 19.1 Å². The van der Waals surface area contributed by atoms with E-state index in [0.29, 0.717) is 0 Å². The summed E-state index contributed by atoms with van der Waals surface area (Å²) in [4.78, 5) is 15.3. The van der Waals surface area contributed by atoms with E-state index in [-0.39, 0.29) is 18.1 Å². The maximum atomic E-state index is 11.8. The van der Waals surface area contributed by atoms with E-state index in [0.717, 1.165) is 0 Å². The van der Waals surface area contributed by atoms with Gasteiger partial charge in [-0.2, -0.15) is 0 Å². The van der Waals surface area contributed by atoms with Crippen LogP contribution in [-0.4, -0.2) is 36.0 Å². The summed E-state index contributed by atoms with van der Waals surface area (Å²) in [5.74, 6) is 0. The molecule has 1 aliphatic heterocycles. The Labute approximate surface area is 90.3 Å². The summed E-state index contributed by atoms with van der Waals surface area (Å²) in [7, 11) is 3.71. The molecule has 3 heteroatoms. The molecule has 1 aliphatic rings. The van der Waals surface area contributed by atoms with Gasteiger partial charge in [-0.3, -0.25) is 0 Å². The number of hydrogen-bond acceptors (Lipinski definition) is 1. The van der Waals surface area contributed by atoms with Crippen LogP contribution in [0.5, 0.6) is 0 Å². The molecule has 3 nitrogen and oxygen atoms in total. The van der Waals surface area contributed by atoms with E-state index in [9.17, 15) is 4.79 Å². The van der Waals surface area contributed by atoms with Crippen LogP contribution in [0.15, 0.2) is 30.3 Å². The SMILES string of the molecule is CC1C(c2ccccc2)N(C)C(=O)N1C. The molecule has 1 aromatic carbocycles. The molecule has 1 saturated heterocycles. The Morgan fingerprint density at radius 2 is 1.67 bits per heavy atom. The minimum absolute atomic E-state index is 0.0938. The highest BCUT2D eigenvalue weighted by atomic mass is 16.2. The molecule has 0 radical (unpaired) electrons. The third-order valence-corrected chi connectivity index (χ3v) is 3.23. The molecule has 80 valence electrons. The van der Waals surface area contributed by atoms with Gasteiger partial charge in [-0.1, -0.05) is 30.3 Å². The molecule has 2 atom stereocenters. The smallest absolute Gasteiger partial charge is 0.320 e. The van der Waals surface area contributed by atoms with Crippen LogP contribution in [0, 0.1) is 0 Å². The van der Waals surface area contributed by atoms with Crippen molar-refractivity contribution in [1.82, 2.24) is 9.80 Å². The lowest BCUT2D eigenvalue weighted by atomic mass is 10.0. The fraction of sp³-hybridized carbons (Fsp3) is 0.417. The van der Waals surface area contributed by atoms with E-state index in [1.807, 2.05) is 32.3 Å². The summed E-state index contributed by atoms with van der Waals surface area (Å²) in [5, 5.41) is 0. The summed E-state index contributed by atoms with van der Waals surface area (Å²) in [6.45, 7) is 2.08. The van der Waals surface area contributed by atoms with E-state index < -0.39 is 0 Å². The van der Waals surface area contributed by atoms with Crippen LogP contribution in [0.2, 0.25) is 0 Å². The van der Waals surface area contributed by atoms with Crippen molar-refractivity contribution in [3.8, 4) is 0 Å². The van der Waals surface area contributed by atoms with E-state index in [4.69, 9.17) is 0 Å². The number of likely N-dealkylation sites (N-methyl/N-ethyl adjacent to an activating group) is 2. The third kappa shape index (κ3) is 1.48. The van der Waals surface area contributed by atoms with Gasteiger partial charge in [0.2, 0.25) is 0 Å². The molecule has 0 N–H and O–H groups in total. The zero-order chi connectivity index (χ0) is 11.0. The molecule has 0 saturated carbocycles. The Morgan fingerprint density at radius 3 is 2.13 bits per heavy atom. The van der Waals surface area contributed by atoms with Crippen molar-refractivity contribution in [2.75, 3.05) is 14.1 Å². The van der Waals surface area contributed by atoms with Crippen molar-refractivity contribution in [2.24, 2.45) is 0 Å². The number of rotatable bonds is 1. The van der Waals surface area contributed by atoms with Crippen molar-refractivity contribution < 1.29 is 4.79 Å². The van der Waals surface area contributed by atoms with Crippen molar-refractivity contribution in [1.29, 1.82) is 0 Å². The van der Waals surface area contributed by atoms with Gasteiger partial charge < -0.3 is 9.80 Å². The molecule has 0 aromatic heterocycles. The molecule has 0 aliphatic carbocycles. The van der Waals surface area contributed by atoms with Gasteiger partial charge in [0.25, 0.3) is 0 Å². The lowest BCUT2D eigenvalue weighted by molar-refractivity contribution is 0.200. The number of nitrogens with zero attached hydrogens (tertiary/aromatic N) is 2. The van der Waals surface area contributed by atoms with Gasteiger partial charge >= 0.3 is 6.03 Å². The number of carbonyl (C=O) groups is 1. The number of amides is 2. The molecule has 1 fully saturated rings. The van der Waals surface area contributed by atoms with Crippen LogP contribution in [0.3, 0.4) is 0 Å². The first kappa shape index (κ1) is 10.0. The molecule has 0 spiro atoms. The monoisotopic (exact) mass is 204 g/mol. The van der Waals surface area contributed by atoms with Crippen molar-refractivity contribution >= 4 is 6.03 Å². The van der Waals surface area contributed by atoms with E-state index in [1.54, 1.807) is 9.80 Å². The molecule has 2 unspecified atom stereocenters. The Hall–Kier alpha value is -1.51. The average Bonchev–Trinajstić information content (AvgIpc) is 2.45. The van der Waals surface area contributed by atoms with E-state index >= 15 is 0 Å². The second-order valence-corrected chi connectivity index (χ2v) is 4.10. The Morgan fingerprint density at radius 1 is 1.07 bits per heavy atom. The molecule has 15 heavy (non-hydrogen) atoms. The molecular formula is C12H16N2O. The number of benzene rings is 1. The first-order chi connectivity index (χ1) is 7.13. The normalized spacial score (nSPS) is 26.2. The first-order valence-corrected chi connectivity index (χ1v) is 5.17. The summed E-state index contributed by atoms with van der Waals surface area (Å²) < 4.78 is 0. The predicted octanol–water partition coefficient (Wildman–Crippen LogP) is 2.11. The largest absolute Gasteiger partial charge is 0.323 e. The summed E-state index contributed by atoms with van der Waals surface area (Å²) in [6, 6.07) is 10.7. The topological polar surface area (TPSA) is 23.6 Å². The number of hydrogen-bond donors (Lipinski definition) is 0. The van der Waals surface area contributed by atoms with Crippen LogP contribution in [-0.2, 0) is 0 Å². The van der Waals surface area contributed by atoms with Gasteiger partial charge in [-0.25, -0.2) is 4.79 Å². The van der Waals surface area contributed by atoms with Crippen LogP contribution >= 0.6 is 0 Å². The van der Waals surface area contributed by atoms with Gasteiger partial charge in [0.05, 0.1) is 12.1 Å².